The molecule has 0 aromatic carbocycles. The van der Waals surface area contributed by atoms with Gasteiger partial charge in [-0.2, -0.15) is 0 Å². The Morgan fingerprint density at radius 3 is 3.20 bits per heavy atom. The summed E-state index contributed by atoms with van der Waals surface area (Å²) in [6.07, 6.45) is 4.85. The van der Waals surface area contributed by atoms with Crippen LogP contribution in [0.25, 0.3) is 11.0 Å². The van der Waals surface area contributed by atoms with Gasteiger partial charge in [0.2, 0.25) is 0 Å². The van der Waals surface area contributed by atoms with Gasteiger partial charge in [-0.1, -0.05) is 0 Å². The highest BCUT2D eigenvalue weighted by Gasteiger charge is 1.98. The molecule has 2 N–H and O–H groups in total. The number of hydrogen-bond acceptors (Lipinski definition) is 3. The highest BCUT2D eigenvalue weighted by molar-refractivity contribution is 5.88. The van der Waals surface area contributed by atoms with Crippen molar-refractivity contribution in [3.63, 3.8) is 0 Å². The first kappa shape index (κ1) is 5.29. The van der Waals surface area contributed by atoms with Crippen LogP contribution in [0.5, 0.6) is 0 Å². The lowest BCUT2D eigenvalue weighted by Gasteiger charge is -1.84. The summed E-state index contributed by atoms with van der Waals surface area (Å²) in [5.74, 6) is 0. The number of hydrogen-bond donors (Lipinski definition) is 1. The monoisotopic (exact) mass is 134 g/mol. The lowest BCUT2D eigenvalue weighted by molar-refractivity contribution is 0.615. The minimum atomic E-state index is 0.664. The summed E-state index contributed by atoms with van der Waals surface area (Å²) in [6.45, 7) is 0. The Labute approximate surface area is 57.5 Å². The zero-order chi connectivity index (χ0) is 6.97. The summed E-state index contributed by atoms with van der Waals surface area (Å²) in [4.78, 5) is 3.88. The first-order valence-electron chi connectivity index (χ1n) is 2.94. The predicted octanol–water partition coefficient (Wildman–Crippen LogP) is 1.41. The van der Waals surface area contributed by atoms with Crippen LogP contribution >= 0.6 is 0 Å². The molecule has 0 spiro atoms. The molecule has 0 atom stereocenters. The number of pyridine rings is 1. The molecule has 0 fully saturated rings. The number of aromatic nitrogens is 1. The van der Waals surface area contributed by atoms with Crippen LogP contribution < -0.4 is 5.73 Å². The van der Waals surface area contributed by atoms with Gasteiger partial charge in [0.25, 0.3) is 0 Å². The zero-order valence-corrected chi connectivity index (χ0v) is 5.24. The van der Waals surface area contributed by atoms with Gasteiger partial charge in [0.15, 0.2) is 5.58 Å². The zero-order valence-electron chi connectivity index (χ0n) is 5.24. The summed E-state index contributed by atoms with van der Waals surface area (Å²) in [7, 11) is 0. The Bertz CT molecular complexity index is 353. The van der Waals surface area contributed by atoms with Crippen LogP contribution in [-0.2, 0) is 0 Å². The second-order valence-electron chi connectivity index (χ2n) is 2.06. The van der Waals surface area contributed by atoms with Gasteiger partial charge in [0, 0.05) is 11.6 Å². The summed E-state index contributed by atoms with van der Waals surface area (Å²) in [5.41, 5.74) is 6.96. The molecular formula is C7H6N2O. The molecule has 0 bridgehead atoms. The van der Waals surface area contributed by atoms with E-state index in [1.807, 2.05) is 6.07 Å². The summed E-state index contributed by atoms with van der Waals surface area (Å²) in [6, 6.07) is 1.83. The fraction of sp³-hybridized carbons (Fsp3) is 0. The van der Waals surface area contributed by atoms with Gasteiger partial charge in [-0.3, -0.25) is 4.98 Å². The molecule has 3 nitrogen and oxygen atoms in total. The highest BCUT2D eigenvalue weighted by atomic mass is 16.3. The summed E-state index contributed by atoms with van der Waals surface area (Å²) >= 11 is 0. The van der Waals surface area contributed by atoms with Crippen LogP contribution in [0.1, 0.15) is 0 Å². The number of anilines is 1. The van der Waals surface area contributed by atoms with E-state index in [1.54, 1.807) is 12.4 Å². The van der Waals surface area contributed by atoms with Crippen molar-refractivity contribution in [3.05, 3.63) is 24.7 Å². The van der Waals surface area contributed by atoms with E-state index in [-0.39, 0.29) is 0 Å². The van der Waals surface area contributed by atoms with Crippen molar-refractivity contribution >= 4 is 16.7 Å². The smallest absolute Gasteiger partial charge is 0.154 e. The molecular weight excluding hydrogens is 128 g/mol. The van der Waals surface area contributed by atoms with Crippen molar-refractivity contribution in [2.75, 3.05) is 5.73 Å². The van der Waals surface area contributed by atoms with Crippen molar-refractivity contribution in [2.45, 2.75) is 0 Å². The largest absolute Gasteiger partial charge is 0.460 e. The number of furan rings is 1. The van der Waals surface area contributed by atoms with E-state index < -0.39 is 0 Å². The molecule has 0 aliphatic carbocycles. The molecule has 3 heteroatoms. The normalized spacial score (nSPS) is 10.4. The predicted molar refractivity (Wildman–Crippen MR) is 38.4 cm³/mol. The molecule has 0 aliphatic rings. The maximum Gasteiger partial charge on any atom is 0.154 e. The van der Waals surface area contributed by atoms with E-state index in [9.17, 15) is 0 Å². The average Bonchev–Trinajstić information content (AvgIpc) is 2.34. The van der Waals surface area contributed by atoms with Crippen molar-refractivity contribution in [2.24, 2.45) is 0 Å². The number of nitrogens with zero attached hydrogens (tertiary/aromatic N) is 1. The van der Waals surface area contributed by atoms with Crippen LogP contribution in [0.3, 0.4) is 0 Å². The van der Waals surface area contributed by atoms with Crippen LogP contribution in [0.2, 0.25) is 0 Å². The van der Waals surface area contributed by atoms with Gasteiger partial charge in [-0.05, 0) is 6.07 Å². The molecule has 2 rings (SSSR count). The Balaban J connectivity index is 2.93. The van der Waals surface area contributed by atoms with Gasteiger partial charge in [0.1, 0.15) is 6.26 Å². The molecule has 0 saturated carbocycles. The molecule has 10 heavy (non-hydrogen) atoms. The maximum absolute atomic E-state index is 5.55. The Kier molecular flexibility index (Phi) is 0.917. The first-order chi connectivity index (χ1) is 4.88. The molecule has 50 valence electrons. The third-order valence-electron chi connectivity index (χ3n) is 1.41. The third-order valence-corrected chi connectivity index (χ3v) is 1.41. The fourth-order valence-electron chi connectivity index (χ4n) is 0.903. The van der Waals surface area contributed by atoms with Crippen LogP contribution in [0.4, 0.5) is 5.69 Å². The quantitative estimate of drug-likeness (QED) is 0.592. The number of rotatable bonds is 0. The first-order valence-corrected chi connectivity index (χ1v) is 2.94. The van der Waals surface area contributed by atoms with Gasteiger partial charge >= 0.3 is 0 Å². The Morgan fingerprint density at radius 2 is 2.40 bits per heavy atom. The van der Waals surface area contributed by atoms with Gasteiger partial charge < -0.3 is 10.2 Å². The SMILES string of the molecule is Nc1coc2cnccc12. The van der Waals surface area contributed by atoms with Crippen molar-refractivity contribution in [1.29, 1.82) is 0 Å². The Morgan fingerprint density at radius 1 is 1.50 bits per heavy atom. The molecule has 2 aromatic rings. The number of nitrogen functional groups attached to an aromatic ring is 1. The molecule has 0 saturated heterocycles. The van der Waals surface area contributed by atoms with Crippen LogP contribution in [-0.4, -0.2) is 4.98 Å². The van der Waals surface area contributed by atoms with E-state index in [2.05, 4.69) is 4.98 Å². The van der Waals surface area contributed by atoms with Gasteiger partial charge in [-0.15, -0.1) is 0 Å². The molecule has 0 radical (unpaired) electrons. The summed E-state index contributed by atoms with van der Waals surface area (Å²) < 4.78 is 5.06. The maximum atomic E-state index is 5.55. The molecule has 2 heterocycles. The summed E-state index contributed by atoms with van der Waals surface area (Å²) in [5, 5.41) is 0.926. The van der Waals surface area contributed by atoms with E-state index in [1.165, 1.54) is 6.26 Å². The number of nitrogens with two attached hydrogens (primary N) is 1. The molecule has 0 aliphatic heterocycles. The molecule has 0 unspecified atom stereocenters. The van der Waals surface area contributed by atoms with Crippen LogP contribution in [0.15, 0.2) is 29.1 Å². The highest BCUT2D eigenvalue weighted by Crippen LogP contribution is 2.20. The standard InChI is InChI=1S/C7H6N2O/c8-6-4-10-7-3-9-2-1-5(6)7/h1-4H,8H2. The third kappa shape index (κ3) is 0.572. The van der Waals surface area contributed by atoms with E-state index in [4.69, 9.17) is 10.2 Å². The van der Waals surface area contributed by atoms with Gasteiger partial charge in [-0.25, -0.2) is 0 Å². The lowest BCUT2D eigenvalue weighted by atomic mass is 10.3. The molecule has 2 aromatic heterocycles. The van der Waals surface area contributed by atoms with Crippen molar-refractivity contribution in [1.82, 2.24) is 4.98 Å². The minimum Gasteiger partial charge on any atom is -0.460 e. The van der Waals surface area contributed by atoms with E-state index >= 15 is 0 Å². The minimum absolute atomic E-state index is 0.664. The van der Waals surface area contributed by atoms with Crippen molar-refractivity contribution in [3.8, 4) is 0 Å². The number of fused-ring (bicyclic) bond motifs is 1. The molecule has 0 amide bonds. The second kappa shape index (κ2) is 1.73. The average molecular weight is 134 g/mol. The Hall–Kier alpha value is -1.51. The fourth-order valence-corrected chi connectivity index (χ4v) is 0.903. The lowest BCUT2D eigenvalue weighted by Crippen LogP contribution is -1.79. The van der Waals surface area contributed by atoms with Crippen molar-refractivity contribution < 1.29 is 4.42 Å². The van der Waals surface area contributed by atoms with Crippen LogP contribution in [0, 0.1) is 0 Å². The topological polar surface area (TPSA) is 52.0 Å². The van der Waals surface area contributed by atoms with E-state index in [0.717, 1.165) is 11.0 Å². The van der Waals surface area contributed by atoms with Gasteiger partial charge in [0.05, 0.1) is 11.9 Å². The second-order valence-corrected chi connectivity index (χ2v) is 2.06. The van der Waals surface area contributed by atoms with E-state index in [0.29, 0.717) is 5.69 Å².